The number of nitrogens with zero attached hydrogens (tertiary/aromatic N) is 6. The largest absolute Gasteiger partial charge is 0.378 e. The number of rotatable bonds is 7. The molecular formula is C15H24N6O2S. The van der Waals surface area contributed by atoms with E-state index in [-0.39, 0.29) is 0 Å². The lowest BCUT2D eigenvalue weighted by molar-refractivity contribution is 0.121. The first-order valence-electron chi connectivity index (χ1n) is 8.37. The first-order chi connectivity index (χ1) is 11.7. The number of aromatic nitrogens is 5. The predicted octanol–water partition coefficient (Wildman–Crippen LogP) is 2.01. The first-order valence-corrected chi connectivity index (χ1v) is 9.36. The van der Waals surface area contributed by atoms with Crippen molar-refractivity contribution in [1.29, 1.82) is 0 Å². The second-order valence-electron chi connectivity index (χ2n) is 6.13. The highest BCUT2D eigenvalue weighted by molar-refractivity contribution is 7.98. The predicted molar refractivity (Wildman–Crippen MR) is 91.1 cm³/mol. The number of thioether (sulfide) groups is 1. The molecule has 0 saturated carbocycles. The average Bonchev–Trinajstić information content (AvgIpc) is 3.20. The van der Waals surface area contributed by atoms with Crippen LogP contribution in [0.1, 0.15) is 32.5 Å². The van der Waals surface area contributed by atoms with E-state index in [0.717, 1.165) is 56.2 Å². The third-order valence-corrected chi connectivity index (χ3v) is 4.64. The molecule has 0 aliphatic carbocycles. The summed E-state index contributed by atoms with van der Waals surface area (Å²) in [6, 6.07) is 0. The standard InChI is InChI=1S/C15H24N6O2S/c1-4-12-16-13(23-19-12)10-24-15-18-17-14(21(15)9-11(2)3)20-5-7-22-8-6-20/h11H,4-10H2,1-3H3. The Bertz CT molecular complexity index is 650. The van der Waals surface area contributed by atoms with Gasteiger partial charge in [-0.3, -0.25) is 4.57 Å². The topological polar surface area (TPSA) is 82.1 Å². The van der Waals surface area contributed by atoms with Crippen LogP contribution in [0.4, 0.5) is 5.95 Å². The molecule has 0 amide bonds. The molecule has 1 fully saturated rings. The molecule has 0 atom stereocenters. The molecule has 2 aromatic rings. The maximum Gasteiger partial charge on any atom is 0.237 e. The lowest BCUT2D eigenvalue weighted by atomic mass is 10.2. The average molecular weight is 352 g/mol. The molecule has 0 unspecified atom stereocenters. The van der Waals surface area contributed by atoms with Gasteiger partial charge in [0.15, 0.2) is 11.0 Å². The normalized spacial score (nSPS) is 15.4. The number of aryl methyl sites for hydroxylation is 1. The van der Waals surface area contributed by atoms with E-state index >= 15 is 0 Å². The Hall–Kier alpha value is -1.61. The quantitative estimate of drug-likeness (QED) is 0.700. The van der Waals surface area contributed by atoms with Crippen LogP contribution in [0.25, 0.3) is 0 Å². The number of morpholine rings is 1. The summed E-state index contributed by atoms with van der Waals surface area (Å²) in [5.74, 6) is 3.41. The maximum absolute atomic E-state index is 5.44. The monoisotopic (exact) mass is 352 g/mol. The van der Waals surface area contributed by atoms with Gasteiger partial charge in [-0.25, -0.2) is 0 Å². The van der Waals surface area contributed by atoms with E-state index in [0.29, 0.717) is 17.6 Å². The second-order valence-corrected chi connectivity index (χ2v) is 7.08. The van der Waals surface area contributed by atoms with Gasteiger partial charge in [-0.15, -0.1) is 10.2 Å². The van der Waals surface area contributed by atoms with Gasteiger partial charge in [-0.1, -0.05) is 37.7 Å². The highest BCUT2D eigenvalue weighted by atomic mass is 32.2. The van der Waals surface area contributed by atoms with E-state index < -0.39 is 0 Å². The summed E-state index contributed by atoms with van der Waals surface area (Å²) in [7, 11) is 0. The Morgan fingerprint density at radius 2 is 2.00 bits per heavy atom. The van der Waals surface area contributed by atoms with Crippen molar-refractivity contribution >= 4 is 17.7 Å². The van der Waals surface area contributed by atoms with Gasteiger partial charge in [-0.2, -0.15) is 4.98 Å². The fourth-order valence-corrected chi connectivity index (χ4v) is 3.31. The van der Waals surface area contributed by atoms with E-state index in [1.54, 1.807) is 11.8 Å². The van der Waals surface area contributed by atoms with E-state index in [1.807, 2.05) is 6.92 Å². The van der Waals surface area contributed by atoms with Gasteiger partial charge in [-0.05, 0) is 5.92 Å². The van der Waals surface area contributed by atoms with Crippen molar-refractivity contribution in [2.24, 2.45) is 5.92 Å². The van der Waals surface area contributed by atoms with Crippen molar-refractivity contribution in [2.45, 2.75) is 44.6 Å². The van der Waals surface area contributed by atoms with E-state index in [1.165, 1.54) is 0 Å². The number of anilines is 1. The Labute approximate surface area is 146 Å². The van der Waals surface area contributed by atoms with Crippen molar-refractivity contribution in [2.75, 3.05) is 31.2 Å². The smallest absolute Gasteiger partial charge is 0.237 e. The summed E-state index contributed by atoms with van der Waals surface area (Å²) in [6.07, 6.45) is 0.777. The molecule has 9 heteroatoms. The molecule has 8 nitrogen and oxygen atoms in total. The van der Waals surface area contributed by atoms with Crippen LogP contribution in [-0.2, 0) is 23.5 Å². The molecule has 0 bridgehead atoms. The molecule has 2 aromatic heterocycles. The molecular weight excluding hydrogens is 328 g/mol. The lowest BCUT2D eigenvalue weighted by Crippen LogP contribution is -2.38. The molecule has 1 aliphatic heterocycles. The van der Waals surface area contributed by atoms with Gasteiger partial charge in [0.05, 0.1) is 19.0 Å². The highest BCUT2D eigenvalue weighted by Gasteiger charge is 2.21. The lowest BCUT2D eigenvalue weighted by Gasteiger charge is -2.28. The fourth-order valence-electron chi connectivity index (χ4n) is 2.53. The van der Waals surface area contributed by atoms with Crippen LogP contribution < -0.4 is 4.90 Å². The van der Waals surface area contributed by atoms with Crippen LogP contribution in [0, 0.1) is 5.92 Å². The van der Waals surface area contributed by atoms with Crippen LogP contribution in [0.2, 0.25) is 0 Å². The number of hydrogen-bond donors (Lipinski definition) is 0. The Balaban J connectivity index is 1.74. The van der Waals surface area contributed by atoms with Gasteiger partial charge in [0.1, 0.15) is 0 Å². The van der Waals surface area contributed by atoms with Crippen LogP contribution in [0.15, 0.2) is 9.68 Å². The molecule has 3 heterocycles. The zero-order valence-electron chi connectivity index (χ0n) is 14.4. The van der Waals surface area contributed by atoms with Crippen molar-refractivity contribution < 1.29 is 9.26 Å². The molecule has 0 radical (unpaired) electrons. The van der Waals surface area contributed by atoms with Crippen LogP contribution in [0.3, 0.4) is 0 Å². The zero-order valence-corrected chi connectivity index (χ0v) is 15.3. The third-order valence-electron chi connectivity index (χ3n) is 3.69. The van der Waals surface area contributed by atoms with Crippen molar-refractivity contribution in [3.8, 4) is 0 Å². The summed E-state index contributed by atoms with van der Waals surface area (Å²) in [4.78, 5) is 6.59. The van der Waals surface area contributed by atoms with Crippen molar-refractivity contribution in [3.05, 3.63) is 11.7 Å². The second kappa shape index (κ2) is 7.98. The summed E-state index contributed by atoms with van der Waals surface area (Å²) < 4.78 is 12.9. The SMILES string of the molecule is CCc1noc(CSc2nnc(N3CCOCC3)n2CC(C)C)n1. The summed E-state index contributed by atoms with van der Waals surface area (Å²) in [6.45, 7) is 10.5. The van der Waals surface area contributed by atoms with Gasteiger partial charge in [0.25, 0.3) is 0 Å². The number of ether oxygens (including phenoxy) is 1. The van der Waals surface area contributed by atoms with Gasteiger partial charge in [0, 0.05) is 26.1 Å². The van der Waals surface area contributed by atoms with Crippen LogP contribution >= 0.6 is 11.8 Å². The van der Waals surface area contributed by atoms with Gasteiger partial charge >= 0.3 is 0 Å². The van der Waals surface area contributed by atoms with Crippen LogP contribution in [0.5, 0.6) is 0 Å². The minimum absolute atomic E-state index is 0.509. The minimum Gasteiger partial charge on any atom is -0.378 e. The molecule has 24 heavy (non-hydrogen) atoms. The Morgan fingerprint density at radius 1 is 1.21 bits per heavy atom. The number of hydrogen-bond acceptors (Lipinski definition) is 8. The first kappa shape index (κ1) is 17.2. The van der Waals surface area contributed by atoms with E-state index in [4.69, 9.17) is 9.26 Å². The van der Waals surface area contributed by atoms with Crippen molar-refractivity contribution in [1.82, 2.24) is 24.9 Å². The fraction of sp³-hybridized carbons (Fsp3) is 0.733. The summed E-state index contributed by atoms with van der Waals surface area (Å²) in [5.41, 5.74) is 0. The molecule has 0 N–H and O–H groups in total. The minimum atomic E-state index is 0.509. The summed E-state index contributed by atoms with van der Waals surface area (Å²) >= 11 is 1.59. The molecule has 1 aliphatic rings. The summed E-state index contributed by atoms with van der Waals surface area (Å²) in [5, 5.41) is 13.6. The Kier molecular flexibility index (Phi) is 5.72. The maximum atomic E-state index is 5.44. The van der Waals surface area contributed by atoms with Crippen LogP contribution in [-0.4, -0.2) is 51.2 Å². The molecule has 3 rings (SSSR count). The highest BCUT2D eigenvalue weighted by Crippen LogP contribution is 2.26. The van der Waals surface area contributed by atoms with E-state index in [2.05, 4.69) is 43.7 Å². The molecule has 0 spiro atoms. The van der Waals surface area contributed by atoms with E-state index in [9.17, 15) is 0 Å². The Morgan fingerprint density at radius 3 is 2.67 bits per heavy atom. The molecule has 0 aromatic carbocycles. The molecule has 132 valence electrons. The zero-order chi connectivity index (χ0) is 16.9. The van der Waals surface area contributed by atoms with Gasteiger partial charge < -0.3 is 14.2 Å². The van der Waals surface area contributed by atoms with Gasteiger partial charge in [0.2, 0.25) is 11.8 Å². The third kappa shape index (κ3) is 4.07. The molecule has 1 saturated heterocycles. The van der Waals surface area contributed by atoms with Crippen molar-refractivity contribution in [3.63, 3.8) is 0 Å².